The standard InChI is InChI=1S/C12H26O3/c1-4-6-9-14-12(8-11-13-3)15-10-7-5-2/h12H,4-11H2,1-3H3. The molecule has 92 valence electrons. The van der Waals surface area contributed by atoms with E-state index >= 15 is 0 Å². The van der Waals surface area contributed by atoms with Gasteiger partial charge in [0.05, 0.1) is 6.61 Å². The molecule has 0 aromatic carbocycles. The Kier molecular flexibility index (Phi) is 11.9. The highest BCUT2D eigenvalue weighted by atomic mass is 16.7. The minimum absolute atomic E-state index is 0.0805. The largest absolute Gasteiger partial charge is 0.384 e. The van der Waals surface area contributed by atoms with Crippen LogP contribution in [0.25, 0.3) is 0 Å². The maximum absolute atomic E-state index is 5.63. The molecule has 0 aliphatic rings. The molecule has 0 aromatic heterocycles. The first-order valence-corrected chi connectivity index (χ1v) is 6.07. The first kappa shape index (κ1) is 14.9. The third kappa shape index (κ3) is 10.2. The van der Waals surface area contributed by atoms with E-state index in [1.807, 2.05) is 0 Å². The Bertz CT molecular complexity index is 107. The van der Waals surface area contributed by atoms with Crippen LogP contribution in [-0.4, -0.2) is 33.2 Å². The topological polar surface area (TPSA) is 27.7 Å². The van der Waals surface area contributed by atoms with E-state index in [0.717, 1.165) is 45.3 Å². The van der Waals surface area contributed by atoms with Crippen LogP contribution in [-0.2, 0) is 14.2 Å². The fourth-order valence-electron chi connectivity index (χ4n) is 1.15. The van der Waals surface area contributed by atoms with Crippen molar-refractivity contribution in [2.45, 2.75) is 52.2 Å². The van der Waals surface area contributed by atoms with E-state index in [2.05, 4.69) is 13.8 Å². The summed E-state index contributed by atoms with van der Waals surface area (Å²) in [6, 6.07) is 0. The molecule has 0 bridgehead atoms. The predicted molar refractivity (Wildman–Crippen MR) is 62.0 cm³/mol. The van der Waals surface area contributed by atoms with Crippen molar-refractivity contribution in [1.82, 2.24) is 0 Å². The lowest BCUT2D eigenvalue weighted by Crippen LogP contribution is -2.20. The van der Waals surface area contributed by atoms with Crippen molar-refractivity contribution in [3.63, 3.8) is 0 Å². The lowest BCUT2D eigenvalue weighted by molar-refractivity contribution is -0.152. The Morgan fingerprint density at radius 3 is 1.80 bits per heavy atom. The molecule has 0 fully saturated rings. The molecule has 0 aromatic rings. The molecule has 0 unspecified atom stereocenters. The predicted octanol–water partition coefficient (Wildman–Crippen LogP) is 2.98. The SMILES string of the molecule is CCCCOC(CCOC)OCCCC. The zero-order valence-electron chi connectivity index (χ0n) is 10.5. The van der Waals surface area contributed by atoms with Crippen molar-refractivity contribution in [2.75, 3.05) is 26.9 Å². The van der Waals surface area contributed by atoms with Crippen LogP contribution in [0.4, 0.5) is 0 Å². The zero-order chi connectivity index (χ0) is 11.4. The van der Waals surface area contributed by atoms with Gasteiger partial charge in [-0.3, -0.25) is 0 Å². The number of hydrogen-bond acceptors (Lipinski definition) is 3. The summed E-state index contributed by atoms with van der Waals surface area (Å²) in [6.07, 6.45) is 5.26. The monoisotopic (exact) mass is 218 g/mol. The molecular formula is C12H26O3. The maximum Gasteiger partial charge on any atom is 0.159 e. The van der Waals surface area contributed by atoms with Gasteiger partial charge in [0.15, 0.2) is 6.29 Å². The van der Waals surface area contributed by atoms with Gasteiger partial charge >= 0.3 is 0 Å². The first-order valence-electron chi connectivity index (χ1n) is 6.07. The lowest BCUT2D eigenvalue weighted by atomic mass is 10.3. The normalized spacial score (nSPS) is 11.2. The summed E-state index contributed by atoms with van der Waals surface area (Å²) in [5.41, 5.74) is 0. The summed E-state index contributed by atoms with van der Waals surface area (Å²) in [4.78, 5) is 0. The molecule has 0 spiro atoms. The molecule has 0 aliphatic carbocycles. The number of methoxy groups -OCH3 is 1. The Hall–Kier alpha value is -0.120. The molecule has 3 nitrogen and oxygen atoms in total. The van der Waals surface area contributed by atoms with Crippen molar-refractivity contribution >= 4 is 0 Å². The van der Waals surface area contributed by atoms with Gasteiger partial charge in [0.1, 0.15) is 0 Å². The number of ether oxygens (including phenoxy) is 3. The van der Waals surface area contributed by atoms with E-state index < -0.39 is 0 Å². The second kappa shape index (κ2) is 12.0. The van der Waals surface area contributed by atoms with Crippen LogP contribution in [0.1, 0.15) is 46.0 Å². The average molecular weight is 218 g/mol. The van der Waals surface area contributed by atoms with Gasteiger partial charge in [-0.15, -0.1) is 0 Å². The van der Waals surface area contributed by atoms with Crippen LogP contribution in [0.3, 0.4) is 0 Å². The smallest absolute Gasteiger partial charge is 0.159 e. The Balaban J connectivity index is 3.53. The highest BCUT2D eigenvalue weighted by Crippen LogP contribution is 2.04. The molecule has 0 radical (unpaired) electrons. The second-order valence-corrected chi connectivity index (χ2v) is 3.66. The summed E-state index contributed by atoms with van der Waals surface area (Å²) < 4.78 is 16.3. The number of rotatable bonds is 11. The summed E-state index contributed by atoms with van der Waals surface area (Å²) in [6.45, 7) is 6.59. The van der Waals surface area contributed by atoms with Gasteiger partial charge in [0, 0.05) is 26.7 Å². The molecule has 0 saturated heterocycles. The fourth-order valence-corrected chi connectivity index (χ4v) is 1.15. The van der Waals surface area contributed by atoms with Gasteiger partial charge in [-0.2, -0.15) is 0 Å². The Morgan fingerprint density at radius 2 is 1.40 bits per heavy atom. The minimum atomic E-state index is -0.0805. The number of hydrogen-bond donors (Lipinski definition) is 0. The maximum atomic E-state index is 5.63. The van der Waals surface area contributed by atoms with Gasteiger partial charge in [-0.25, -0.2) is 0 Å². The first-order chi connectivity index (χ1) is 7.35. The Labute approximate surface area is 94.1 Å². The van der Waals surface area contributed by atoms with E-state index in [1.54, 1.807) is 7.11 Å². The zero-order valence-corrected chi connectivity index (χ0v) is 10.5. The third-order valence-electron chi connectivity index (χ3n) is 2.16. The molecule has 0 saturated carbocycles. The summed E-state index contributed by atoms with van der Waals surface area (Å²) in [7, 11) is 1.70. The second-order valence-electron chi connectivity index (χ2n) is 3.66. The van der Waals surface area contributed by atoms with Crippen LogP contribution in [0.5, 0.6) is 0 Å². The molecule has 0 aliphatic heterocycles. The lowest BCUT2D eigenvalue weighted by Gasteiger charge is -2.18. The third-order valence-corrected chi connectivity index (χ3v) is 2.16. The molecule has 3 heteroatoms. The van der Waals surface area contributed by atoms with Crippen LogP contribution in [0, 0.1) is 0 Å². The van der Waals surface area contributed by atoms with Crippen LogP contribution >= 0.6 is 0 Å². The van der Waals surface area contributed by atoms with Crippen molar-refractivity contribution in [3.05, 3.63) is 0 Å². The molecule has 0 heterocycles. The van der Waals surface area contributed by atoms with Gasteiger partial charge in [-0.1, -0.05) is 26.7 Å². The highest BCUT2D eigenvalue weighted by molar-refractivity contribution is 4.46. The Morgan fingerprint density at radius 1 is 0.867 bits per heavy atom. The van der Waals surface area contributed by atoms with Gasteiger partial charge in [0.2, 0.25) is 0 Å². The van der Waals surface area contributed by atoms with Crippen LogP contribution < -0.4 is 0 Å². The molecule has 15 heavy (non-hydrogen) atoms. The molecule has 0 amide bonds. The summed E-state index contributed by atoms with van der Waals surface area (Å²) >= 11 is 0. The summed E-state index contributed by atoms with van der Waals surface area (Å²) in [5, 5.41) is 0. The molecule has 0 atom stereocenters. The van der Waals surface area contributed by atoms with E-state index in [9.17, 15) is 0 Å². The van der Waals surface area contributed by atoms with Crippen LogP contribution in [0.2, 0.25) is 0 Å². The molecular weight excluding hydrogens is 192 g/mol. The van der Waals surface area contributed by atoms with E-state index in [-0.39, 0.29) is 6.29 Å². The number of unbranched alkanes of at least 4 members (excludes halogenated alkanes) is 2. The van der Waals surface area contributed by atoms with Crippen LogP contribution in [0.15, 0.2) is 0 Å². The minimum Gasteiger partial charge on any atom is -0.384 e. The highest BCUT2D eigenvalue weighted by Gasteiger charge is 2.08. The van der Waals surface area contributed by atoms with Crippen molar-refractivity contribution in [1.29, 1.82) is 0 Å². The molecule has 0 N–H and O–H groups in total. The van der Waals surface area contributed by atoms with E-state index in [4.69, 9.17) is 14.2 Å². The average Bonchev–Trinajstić information content (AvgIpc) is 2.25. The van der Waals surface area contributed by atoms with E-state index in [0.29, 0.717) is 6.61 Å². The summed E-state index contributed by atoms with van der Waals surface area (Å²) in [5.74, 6) is 0. The van der Waals surface area contributed by atoms with Gasteiger partial charge in [-0.05, 0) is 12.8 Å². The van der Waals surface area contributed by atoms with Crippen molar-refractivity contribution in [2.24, 2.45) is 0 Å². The van der Waals surface area contributed by atoms with E-state index in [1.165, 1.54) is 0 Å². The van der Waals surface area contributed by atoms with Gasteiger partial charge in [0.25, 0.3) is 0 Å². The fraction of sp³-hybridized carbons (Fsp3) is 1.00. The van der Waals surface area contributed by atoms with Crippen molar-refractivity contribution < 1.29 is 14.2 Å². The van der Waals surface area contributed by atoms with Gasteiger partial charge < -0.3 is 14.2 Å². The van der Waals surface area contributed by atoms with Crippen molar-refractivity contribution in [3.8, 4) is 0 Å². The quantitative estimate of drug-likeness (QED) is 0.394. The molecule has 0 rings (SSSR count).